The largest absolute Gasteiger partial charge is 0.377 e. The highest BCUT2D eigenvalue weighted by molar-refractivity contribution is 7.87. The number of halogens is 1. The van der Waals surface area contributed by atoms with Gasteiger partial charge in [0.2, 0.25) is 5.91 Å². The molecule has 0 atom stereocenters. The topological polar surface area (TPSA) is 72.5 Å². The van der Waals surface area contributed by atoms with E-state index in [1.54, 1.807) is 13.8 Å². The van der Waals surface area contributed by atoms with Gasteiger partial charge < -0.3 is 9.50 Å². The molecule has 7 heteroatoms. The summed E-state index contributed by atoms with van der Waals surface area (Å²) in [4.78, 5) is 11.5. The molecule has 5 nitrogen and oxygen atoms in total. The summed E-state index contributed by atoms with van der Waals surface area (Å²) in [5, 5.41) is 2.88. The Balaban J connectivity index is 2.56. The van der Waals surface area contributed by atoms with Crippen molar-refractivity contribution in [1.29, 1.82) is 0 Å². The molecule has 2 aromatic rings. The lowest BCUT2D eigenvalue weighted by Gasteiger charge is -2.17. The highest BCUT2D eigenvalue weighted by Crippen LogP contribution is 2.33. The molecule has 1 N–H and O–H groups in total. The van der Waals surface area contributed by atoms with Crippen molar-refractivity contribution in [3.05, 3.63) is 51.5 Å². The smallest absolute Gasteiger partial charge is 0.339 e. The quantitative estimate of drug-likeness (QED) is 0.801. The Morgan fingerprint density at radius 1 is 1.04 bits per heavy atom. The van der Waals surface area contributed by atoms with Gasteiger partial charge in [0.15, 0.2) is 5.75 Å². The minimum atomic E-state index is -4.09. The van der Waals surface area contributed by atoms with E-state index < -0.39 is 10.1 Å². The number of carbonyl (C=O) groups is 1. The van der Waals surface area contributed by atoms with Crippen LogP contribution in [0.3, 0.4) is 0 Å². The van der Waals surface area contributed by atoms with Crippen LogP contribution in [-0.4, -0.2) is 14.3 Å². The zero-order valence-electron chi connectivity index (χ0n) is 14.7. The van der Waals surface area contributed by atoms with Gasteiger partial charge in [-0.05, 0) is 68.1 Å². The summed E-state index contributed by atoms with van der Waals surface area (Å²) in [6.45, 7) is 8.51. The van der Waals surface area contributed by atoms with Gasteiger partial charge in [0.1, 0.15) is 4.90 Å². The second-order valence-corrected chi connectivity index (χ2v) is 7.87. The van der Waals surface area contributed by atoms with E-state index in [0.29, 0.717) is 16.1 Å². The van der Waals surface area contributed by atoms with Crippen molar-refractivity contribution in [3.63, 3.8) is 0 Å². The second kappa shape index (κ2) is 7.06. The summed E-state index contributed by atoms with van der Waals surface area (Å²) in [6, 6.07) is 6.29. The van der Waals surface area contributed by atoms with Gasteiger partial charge in [-0.15, -0.1) is 0 Å². The highest BCUT2D eigenvalue weighted by Gasteiger charge is 2.25. The van der Waals surface area contributed by atoms with Crippen LogP contribution in [0.2, 0.25) is 5.02 Å². The van der Waals surface area contributed by atoms with E-state index >= 15 is 0 Å². The molecule has 0 aliphatic carbocycles. The Morgan fingerprint density at radius 2 is 1.60 bits per heavy atom. The number of hydrogen-bond donors (Lipinski definition) is 1. The van der Waals surface area contributed by atoms with E-state index in [9.17, 15) is 13.2 Å². The molecular weight excluding hydrogens is 362 g/mol. The van der Waals surface area contributed by atoms with E-state index in [1.165, 1.54) is 25.1 Å². The van der Waals surface area contributed by atoms with Crippen LogP contribution in [0, 0.1) is 27.7 Å². The van der Waals surface area contributed by atoms with Crippen LogP contribution in [-0.2, 0) is 14.9 Å². The van der Waals surface area contributed by atoms with E-state index in [-0.39, 0.29) is 22.2 Å². The van der Waals surface area contributed by atoms with Crippen LogP contribution in [0.5, 0.6) is 5.75 Å². The Hall–Kier alpha value is -2.05. The highest BCUT2D eigenvalue weighted by atomic mass is 35.5. The van der Waals surface area contributed by atoms with Crippen molar-refractivity contribution in [2.24, 2.45) is 0 Å². The Bertz CT molecular complexity index is 926. The molecule has 0 fully saturated rings. The molecule has 0 spiro atoms. The standard InChI is InChI=1S/C18H20ClNO4S/c1-10-8-11(2)13(4)18(12(10)3)25(22,23)24-17-7-6-15(19)9-16(17)20-14(5)21/h6-9H,1-5H3,(H,20,21). The molecule has 134 valence electrons. The molecule has 0 bridgehead atoms. The first-order chi connectivity index (χ1) is 11.5. The lowest BCUT2D eigenvalue weighted by Crippen LogP contribution is -2.16. The SMILES string of the molecule is CC(=O)Nc1cc(Cl)ccc1OS(=O)(=O)c1c(C)c(C)cc(C)c1C. The monoisotopic (exact) mass is 381 g/mol. The molecule has 1 amide bonds. The number of nitrogens with one attached hydrogen (secondary N) is 1. The van der Waals surface area contributed by atoms with Gasteiger partial charge >= 0.3 is 10.1 Å². The molecule has 0 heterocycles. The molecule has 0 saturated heterocycles. The van der Waals surface area contributed by atoms with Crippen molar-refractivity contribution in [1.82, 2.24) is 0 Å². The second-order valence-electron chi connectivity index (χ2n) is 5.95. The maximum atomic E-state index is 12.9. The van der Waals surface area contributed by atoms with Gasteiger partial charge in [0.05, 0.1) is 5.69 Å². The van der Waals surface area contributed by atoms with Crippen molar-refractivity contribution in [3.8, 4) is 5.75 Å². The molecule has 0 aliphatic heterocycles. The van der Waals surface area contributed by atoms with Gasteiger partial charge in [-0.25, -0.2) is 0 Å². The van der Waals surface area contributed by atoms with E-state index in [0.717, 1.165) is 11.1 Å². The number of aryl methyl sites for hydroxylation is 2. The number of benzene rings is 2. The van der Waals surface area contributed by atoms with Crippen molar-refractivity contribution in [2.75, 3.05) is 5.32 Å². The van der Waals surface area contributed by atoms with Crippen LogP contribution in [0.1, 0.15) is 29.2 Å². The zero-order chi connectivity index (χ0) is 18.9. The number of hydrogen-bond acceptors (Lipinski definition) is 4. The summed E-state index contributed by atoms with van der Waals surface area (Å²) in [7, 11) is -4.09. The maximum absolute atomic E-state index is 12.9. The predicted molar refractivity (Wildman–Crippen MR) is 99.0 cm³/mol. The number of anilines is 1. The van der Waals surface area contributed by atoms with E-state index in [2.05, 4.69) is 5.32 Å². The van der Waals surface area contributed by atoms with E-state index in [4.69, 9.17) is 15.8 Å². The first-order valence-electron chi connectivity index (χ1n) is 7.62. The van der Waals surface area contributed by atoms with E-state index in [1.807, 2.05) is 19.9 Å². The number of rotatable bonds is 4. The lowest BCUT2D eigenvalue weighted by atomic mass is 10.0. The molecule has 0 saturated carbocycles. The lowest BCUT2D eigenvalue weighted by molar-refractivity contribution is -0.114. The van der Waals surface area contributed by atoms with Crippen molar-refractivity contribution >= 4 is 33.3 Å². The van der Waals surface area contributed by atoms with Gasteiger partial charge in [0.25, 0.3) is 0 Å². The van der Waals surface area contributed by atoms with Gasteiger partial charge in [-0.3, -0.25) is 4.79 Å². The molecule has 0 aromatic heterocycles. The van der Waals surface area contributed by atoms with Crippen LogP contribution in [0.4, 0.5) is 5.69 Å². The van der Waals surface area contributed by atoms with Crippen LogP contribution in [0.25, 0.3) is 0 Å². The third-order valence-electron chi connectivity index (χ3n) is 4.00. The summed E-state index contributed by atoms with van der Waals surface area (Å²) in [5.41, 5.74) is 3.20. The van der Waals surface area contributed by atoms with Crippen molar-refractivity contribution in [2.45, 2.75) is 39.5 Å². The van der Waals surface area contributed by atoms with Gasteiger partial charge in [-0.1, -0.05) is 17.7 Å². The summed E-state index contributed by atoms with van der Waals surface area (Å²) >= 11 is 5.92. The third kappa shape index (κ3) is 4.14. The molecule has 0 radical (unpaired) electrons. The fourth-order valence-corrected chi connectivity index (χ4v) is 4.29. The van der Waals surface area contributed by atoms with Crippen LogP contribution < -0.4 is 9.50 Å². The first-order valence-corrected chi connectivity index (χ1v) is 9.40. The fourth-order valence-electron chi connectivity index (χ4n) is 2.58. The molecular formula is C18H20ClNO4S. The minimum absolute atomic E-state index is 0.0116. The van der Waals surface area contributed by atoms with Crippen LogP contribution in [0.15, 0.2) is 29.2 Å². The first kappa shape index (κ1) is 19.3. The average Bonchev–Trinajstić information content (AvgIpc) is 2.47. The van der Waals surface area contributed by atoms with Gasteiger partial charge in [-0.2, -0.15) is 8.42 Å². The normalized spacial score (nSPS) is 11.3. The zero-order valence-corrected chi connectivity index (χ0v) is 16.3. The fraction of sp³-hybridized carbons (Fsp3) is 0.278. The molecule has 0 aliphatic rings. The van der Waals surface area contributed by atoms with Crippen LogP contribution >= 0.6 is 11.6 Å². The van der Waals surface area contributed by atoms with Gasteiger partial charge in [0, 0.05) is 11.9 Å². The maximum Gasteiger partial charge on any atom is 0.339 e. The summed E-state index contributed by atoms with van der Waals surface area (Å²) < 4.78 is 31.2. The summed E-state index contributed by atoms with van der Waals surface area (Å²) in [5.74, 6) is -0.346. The Morgan fingerprint density at radius 3 is 2.12 bits per heavy atom. The Kier molecular flexibility index (Phi) is 5.44. The predicted octanol–water partition coefficient (Wildman–Crippen LogP) is 4.30. The molecule has 2 rings (SSSR count). The average molecular weight is 382 g/mol. The Labute approximate surface area is 153 Å². The molecule has 2 aromatic carbocycles. The van der Waals surface area contributed by atoms with Crippen molar-refractivity contribution < 1.29 is 17.4 Å². The third-order valence-corrected chi connectivity index (χ3v) is 5.75. The summed E-state index contributed by atoms with van der Waals surface area (Å²) in [6.07, 6.45) is 0. The number of amides is 1. The molecule has 25 heavy (non-hydrogen) atoms. The molecule has 0 unspecified atom stereocenters. The number of carbonyl (C=O) groups excluding carboxylic acids is 1. The minimum Gasteiger partial charge on any atom is -0.377 e.